The Balaban J connectivity index is 1.75. The van der Waals surface area contributed by atoms with Gasteiger partial charge in [-0.2, -0.15) is 0 Å². The molecule has 0 saturated heterocycles. The molecule has 0 fully saturated rings. The maximum atomic E-state index is 14.1. The number of anilines is 1. The Morgan fingerprint density at radius 2 is 1.30 bits per heavy atom. The molecule has 0 aliphatic heterocycles. The second-order valence-corrected chi connectivity index (χ2v) is 11.0. The predicted octanol–water partition coefficient (Wildman–Crippen LogP) is 4.41. The van der Waals surface area contributed by atoms with E-state index in [0.717, 1.165) is 39.7 Å². The fourth-order valence-corrected chi connectivity index (χ4v) is 5.77. The molecule has 9 heteroatoms. The molecule has 1 atom stereocenters. The molecule has 4 aromatic carbocycles. The molecule has 0 heterocycles. The number of benzene rings is 4. The SMILES string of the molecule is CNC(=O)[C@H](Cc1ccccc1)N(Cc1ccccc1)C(=O)CN(c1ccccc1)S(=O)(=O)c1ccc(F)cc1. The first-order chi connectivity index (χ1) is 19.3. The summed E-state index contributed by atoms with van der Waals surface area (Å²) in [4.78, 5) is 28.5. The Morgan fingerprint density at radius 1 is 0.775 bits per heavy atom. The number of nitrogens with zero attached hydrogens (tertiary/aromatic N) is 2. The van der Waals surface area contributed by atoms with Crippen LogP contribution in [0, 0.1) is 5.82 Å². The molecule has 2 amide bonds. The third kappa shape index (κ3) is 6.92. The van der Waals surface area contributed by atoms with Crippen LogP contribution in [0.25, 0.3) is 0 Å². The van der Waals surface area contributed by atoms with E-state index in [4.69, 9.17) is 0 Å². The van der Waals surface area contributed by atoms with Crippen molar-refractivity contribution in [3.8, 4) is 0 Å². The number of likely N-dealkylation sites (N-methyl/N-ethyl adjacent to an activating group) is 1. The van der Waals surface area contributed by atoms with Crippen molar-refractivity contribution in [3.05, 3.63) is 132 Å². The summed E-state index contributed by atoms with van der Waals surface area (Å²) in [7, 11) is -2.76. The number of para-hydroxylation sites is 1. The van der Waals surface area contributed by atoms with Crippen LogP contribution in [-0.4, -0.2) is 44.8 Å². The highest BCUT2D eigenvalue weighted by atomic mass is 32.2. The Bertz CT molecular complexity index is 1520. The molecular formula is C31H30FN3O4S. The van der Waals surface area contributed by atoms with Gasteiger partial charge in [0.15, 0.2) is 0 Å². The number of amides is 2. The van der Waals surface area contributed by atoms with Gasteiger partial charge in [-0.3, -0.25) is 13.9 Å². The van der Waals surface area contributed by atoms with Crippen molar-refractivity contribution in [2.75, 3.05) is 17.9 Å². The van der Waals surface area contributed by atoms with E-state index in [1.165, 1.54) is 11.9 Å². The van der Waals surface area contributed by atoms with Crippen LogP contribution >= 0.6 is 0 Å². The second-order valence-electron chi connectivity index (χ2n) is 9.13. The summed E-state index contributed by atoms with van der Waals surface area (Å²) in [5.41, 5.74) is 1.89. The van der Waals surface area contributed by atoms with Gasteiger partial charge in [-0.05, 0) is 47.5 Å². The first-order valence-electron chi connectivity index (χ1n) is 12.7. The molecule has 1 N–H and O–H groups in total. The van der Waals surface area contributed by atoms with Gasteiger partial charge in [0.1, 0.15) is 18.4 Å². The topological polar surface area (TPSA) is 86.8 Å². The summed E-state index contributed by atoms with van der Waals surface area (Å²) in [6, 6.07) is 30.3. The maximum absolute atomic E-state index is 14.1. The number of hydrogen-bond acceptors (Lipinski definition) is 4. The molecule has 40 heavy (non-hydrogen) atoms. The average molecular weight is 560 g/mol. The van der Waals surface area contributed by atoms with E-state index in [-0.39, 0.29) is 29.5 Å². The summed E-state index contributed by atoms with van der Waals surface area (Å²) in [5, 5.41) is 2.65. The fourth-order valence-electron chi connectivity index (χ4n) is 4.36. The minimum absolute atomic E-state index is 0.0871. The van der Waals surface area contributed by atoms with Gasteiger partial charge in [-0.15, -0.1) is 0 Å². The smallest absolute Gasteiger partial charge is 0.264 e. The molecule has 0 saturated carbocycles. The zero-order valence-corrected chi connectivity index (χ0v) is 22.8. The van der Waals surface area contributed by atoms with Crippen LogP contribution in [0.5, 0.6) is 0 Å². The fraction of sp³-hybridized carbons (Fsp3) is 0.161. The average Bonchev–Trinajstić information content (AvgIpc) is 2.98. The summed E-state index contributed by atoms with van der Waals surface area (Å²) in [5.74, 6) is -1.52. The monoisotopic (exact) mass is 559 g/mol. The Labute approximate surface area is 233 Å². The summed E-state index contributed by atoms with van der Waals surface area (Å²) < 4.78 is 42.1. The van der Waals surface area contributed by atoms with Gasteiger partial charge in [0.05, 0.1) is 10.6 Å². The number of halogens is 1. The van der Waals surface area contributed by atoms with E-state index in [2.05, 4.69) is 5.32 Å². The van der Waals surface area contributed by atoms with E-state index in [1.807, 2.05) is 60.7 Å². The molecule has 0 bridgehead atoms. The quantitative estimate of drug-likeness (QED) is 0.295. The standard InChI is InChI=1S/C31H30FN3O4S/c1-33-31(37)29(21-24-11-5-2-6-12-24)34(22-25-13-7-3-8-14-25)30(36)23-35(27-15-9-4-10-16-27)40(38,39)28-19-17-26(32)18-20-28/h2-20,29H,21-23H2,1H3,(H,33,37)/t29-/m0/s1. The lowest BCUT2D eigenvalue weighted by atomic mass is 10.0. The zero-order valence-electron chi connectivity index (χ0n) is 22.0. The molecule has 206 valence electrons. The molecule has 0 aromatic heterocycles. The van der Waals surface area contributed by atoms with Gasteiger partial charge in [0, 0.05) is 20.0 Å². The molecule has 0 spiro atoms. The van der Waals surface area contributed by atoms with Crippen molar-refractivity contribution >= 4 is 27.5 Å². The van der Waals surface area contributed by atoms with Gasteiger partial charge >= 0.3 is 0 Å². The van der Waals surface area contributed by atoms with Crippen LogP contribution < -0.4 is 9.62 Å². The van der Waals surface area contributed by atoms with Crippen LogP contribution in [0.2, 0.25) is 0 Å². The van der Waals surface area contributed by atoms with Crippen molar-refractivity contribution in [2.24, 2.45) is 0 Å². The number of rotatable bonds is 11. The summed E-state index contributed by atoms with van der Waals surface area (Å²) >= 11 is 0. The normalized spacial score (nSPS) is 11.8. The lowest BCUT2D eigenvalue weighted by Crippen LogP contribution is -2.53. The number of nitrogens with one attached hydrogen (secondary N) is 1. The Morgan fingerprint density at radius 3 is 1.85 bits per heavy atom. The van der Waals surface area contributed by atoms with Crippen molar-refractivity contribution in [1.29, 1.82) is 0 Å². The van der Waals surface area contributed by atoms with Crippen LogP contribution in [0.4, 0.5) is 10.1 Å². The van der Waals surface area contributed by atoms with Crippen molar-refractivity contribution in [3.63, 3.8) is 0 Å². The second kappa shape index (κ2) is 13.0. The van der Waals surface area contributed by atoms with Crippen LogP contribution in [-0.2, 0) is 32.6 Å². The van der Waals surface area contributed by atoms with Crippen LogP contribution in [0.15, 0.2) is 120 Å². The highest BCUT2D eigenvalue weighted by Gasteiger charge is 2.34. The first-order valence-corrected chi connectivity index (χ1v) is 14.2. The lowest BCUT2D eigenvalue weighted by Gasteiger charge is -2.33. The number of carbonyl (C=O) groups is 2. The third-order valence-corrected chi connectivity index (χ3v) is 8.23. The largest absolute Gasteiger partial charge is 0.357 e. The predicted molar refractivity (Wildman–Crippen MR) is 152 cm³/mol. The molecule has 4 rings (SSSR count). The number of carbonyl (C=O) groups excluding carboxylic acids is 2. The number of hydrogen-bond donors (Lipinski definition) is 1. The van der Waals surface area contributed by atoms with E-state index < -0.39 is 34.3 Å². The van der Waals surface area contributed by atoms with Crippen LogP contribution in [0.1, 0.15) is 11.1 Å². The Kier molecular flexibility index (Phi) is 9.29. The van der Waals surface area contributed by atoms with Gasteiger partial charge in [-0.25, -0.2) is 12.8 Å². The molecular weight excluding hydrogens is 529 g/mol. The summed E-state index contributed by atoms with van der Waals surface area (Å²) in [6.45, 7) is -0.483. The van der Waals surface area contributed by atoms with Gasteiger partial charge in [0.2, 0.25) is 11.8 Å². The van der Waals surface area contributed by atoms with Crippen molar-refractivity contribution < 1.29 is 22.4 Å². The lowest BCUT2D eigenvalue weighted by molar-refractivity contribution is -0.139. The molecule has 0 unspecified atom stereocenters. The van der Waals surface area contributed by atoms with Gasteiger partial charge < -0.3 is 10.2 Å². The van der Waals surface area contributed by atoms with Crippen molar-refractivity contribution in [1.82, 2.24) is 10.2 Å². The van der Waals surface area contributed by atoms with E-state index >= 15 is 0 Å². The molecule has 7 nitrogen and oxygen atoms in total. The van der Waals surface area contributed by atoms with Gasteiger partial charge in [0.25, 0.3) is 10.0 Å². The first kappa shape index (κ1) is 28.5. The maximum Gasteiger partial charge on any atom is 0.264 e. The minimum Gasteiger partial charge on any atom is -0.357 e. The number of sulfonamides is 1. The van der Waals surface area contributed by atoms with E-state index in [1.54, 1.807) is 30.3 Å². The van der Waals surface area contributed by atoms with E-state index in [0.29, 0.717) is 0 Å². The molecule has 0 radical (unpaired) electrons. The highest BCUT2D eigenvalue weighted by Crippen LogP contribution is 2.25. The molecule has 0 aliphatic rings. The highest BCUT2D eigenvalue weighted by molar-refractivity contribution is 7.92. The van der Waals surface area contributed by atoms with E-state index in [9.17, 15) is 22.4 Å². The third-order valence-electron chi connectivity index (χ3n) is 6.44. The minimum atomic E-state index is -4.26. The molecule has 4 aromatic rings. The Hall–Kier alpha value is -4.50. The molecule has 0 aliphatic carbocycles. The van der Waals surface area contributed by atoms with Crippen LogP contribution in [0.3, 0.4) is 0 Å². The summed E-state index contributed by atoms with van der Waals surface area (Å²) in [6.07, 6.45) is 0.231. The van der Waals surface area contributed by atoms with Crippen molar-refractivity contribution in [2.45, 2.75) is 23.9 Å². The van der Waals surface area contributed by atoms with Gasteiger partial charge in [-0.1, -0.05) is 78.9 Å². The zero-order chi connectivity index (χ0) is 28.5.